The number of halogens is 1. The summed E-state index contributed by atoms with van der Waals surface area (Å²) in [5.41, 5.74) is 5.46. The molecule has 19 heavy (non-hydrogen) atoms. The second-order valence-electron chi connectivity index (χ2n) is 5.38. The summed E-state index contributed by atoms with van der Waals surface area (Å²) >= 11 is 5.17. The molecule has 1 heterocycles. The van der Waals surface area contributed by atoms with Crippen molar-refractivity contribution in [2.45, 2.75) is 45.6 Å². The standard InChI is InChI=1S/C14H23BrN2OS/c1-10(2)14(3,9-16)17-13(18)6-4-5-11-7-8-12(15)19-11/h7-8,10H,4-6,9,16H2,1-3H3,(H,17,18). The largest absolute Gasteiger partial charge is 0.349 e. The number of carbonyl (C=O) groups excluding carboxylic acids is 1. The van der Waals surface area contributed by atoms with Crippen LogP contribution < -0.4 is 11.1 Å². The zero-order valence-corrected chi connectivity index (χ0v) is 14.2. The normalized spacial score (nSPS) is 14.4. The molecule has 3 N–H and O–H groups in total. The summed E-state index contributed by atoms with van der Waals surface area (Å²) in [5.74, 6) is 0.423. The SMILES string of the molecule is CC(C)C(C)(CN)NC(=O)CCCc1ccc(Br)s1. The summed E-state index contributed by atoms with van der Waals surface area (Å²) in [6.07, 6.45) is 2.38. The number of rotatable bonds is 7. The van der Waals surface area contributed by atoms with Crippen LogP contribution >= 0.6 is 27.3 Å². The third kappa shape index (κ3) is 5.24. The summed E-state index contributed by atoms with van der Waals surface area (Å²) in [7, 11) is 0. The first-order valence-corrected chi connectivity index (χ1v) is 8.23. The fraction of sp³-hybridized carbons (Fsp3) is 0.643. The highest BCUT2D eigenvalue weighted by molar-refractivity contribution is 9.11. The first-order chi connectivity index (χ1) is 8.87. The van der Waals surface area contributed by atoms with E-state index in [-0.39, 0.29) is 11.4 Å². The van der Waals surface area contributed by atoms with E-state index in [4.69, 9.17) is 5.73 Å². The van der Waals surface area contributed by atoms with Gasteiger partial charge in [0.2, 0.25) is 5.91 Å². The van der Waals surface area contributed by atoms with Gasteiger partial charge in [0.05, 0.1) is 9.33 Å². The van der Waals surface area contributed by atoms with Crippen molar-refractivity contribution < 1.29 is 4.79 Å². The predicted octanol–water partition coefficient (Wildman–Crippen LogP) is 3.32. The highest BCUT2D eigenvalue weighted by atomic mass is 79.9. The zero-order chi connectivity index (χ0) is 14.5. The van der Waals surface area contributed by atoms with E-state index in [1.807, 2.05) is 13.0 Å². The molecule has 1 atom stereocenters. The van der Waals surface area contributed by atoms with Crippen LogP contribution in [0.1, 0.15) is 38.5 Å². The van der Waals surface area contributed by atoms with E-state index in [2.05, 4.69) is 41.2 Å². The summed E-state index contributed by atoms with van der Waals surface area (Å²) in [6, 6.07) is 4.15. The van der Waals surface area contributed by atoms with Gasteiger partial charge in [-0.3, -0.25) is 4.79 Å². The lowest BCUT2D eigenvalue weighted by Crippen LogP contribution is -2.54. The molecule has 1 unspecified atom stereocenters. The van der Waals surface area contributed by atoms with Crippen LogP contribution in [0.5, 0.6) is 0 Å². The zero-order valence-electron chi connectivity index (χ0n) is 11.8. The van der Waals surface area contributed by atoms with Crippen LogP contribution in [0.15, 0.2) is 15.9 Å². The third-order valence-corrected chi connectivity index (χ3v) is 5.26. The summed E-state index contributed by atoms with van der Waals surface area (Å²) in [4.78, 5) is 13.3. The Kier molecular flexibility index (Phi) is 6.50. The first kappa shape index (κ1) is 16.7. The van der Waals surface area contributed by atoms with E-state index < -0.39 is 0 Å². The number of aryl methyl sites for hydroxylation is 1. The smallest absolute Gasteiger partial charge is 0.220 e. The minimum atomic E-state index is -0.303. The van der Waals surface area contributed by atoms with Crippen molar-refractivity contribution in [3.63, 3.8) is 0 Å². The Morgan fingerprint density at radius 2 is 2.21 bits per heavy atom. The number of nitrogens with one attached hydrogen (secondary N) is 1. The van der Waals surface area contributed by atoms with Crippen molar-refractivity contribution in [3.8, 4) is 0 Å². The van der Waals surface area contributed by atoms with Crippen LogP contribution in [0.25, 0.3) is 0 Å². The second kappa shape index (κ2) is 7.41. The second-order valence-corrected chi connectivity index (χ2v) is 7.93. The molecule has 1 amide bonds. The van der Waals surface area contributed by atoms with Gasteiger partial charge in [0.15, 0.2) is 0 Å². The predicted molar refractivity (Wildman–Crippen MR) is 85.4 cm³/mol. The Balaban J connectivity index is 2.35. The van der Waals surface area contributed by atoms with Gasteiger partial charge in [-0.15, -0.1) is 11.3 Å². The maximum absolute atomic E-state index is 11.9. The maximum Gasteiger partial charge on any atom is 0.220 e. The van der Waals surface area contributed by atoms with Gasteiger partial charge in [0.1, 0.15) is 0 Å². The molecule has 0 aromatic carbocycles. The Hall–Kier alpha value is -0.390. The van der Waals surface area contributed by atoms with E-state index in [1.165, 1.54) is 4.88 Å². The lowest BCUT2D eigenvalue weighted by atomic mass is 9.88. The molecular weight excluding hydrogens is 324 g/mol. The molecule has 108 valence electrons. The van der Waals surface area contributed by atoms with Crippen LogP contribution in [-0.2, 0) is 11.2 Å². The highest BCUT2D eigenvalue weighted by Crippen LogP contribution is 2.23. The number of carbonyl (C=O) groups is 1. The van der Waals surface area contributed by atoms with E-state index in [0.29, 0.717) is 18.9 Å². The van der Waals surface area contributed by atoms with Gasteiger partial charge in [-0.2, -0.15) is 0 Å². The van der Waals surface area contributed by atoms with Crippen molar-refractivity contribution in [1.82, 2.24) is 5.32 Å². The van der Waals surface area contributed by atoms with Crippen LogP contribution in [0.4, 0.5) is 0 Å². The van der Waals surface area contributed by atoms with Crippen molar-refractivity contribution in [1.29, 1.82) is 0 Å². The maximum atomic E-state index is 11.9. The highest BCUT2D eigenvalue weighted by Gasteiger charge is 2.28. The van der Waals surface area contributed by atoms with E-state index >= 15 is 0 Å². The van der Waals surface area contributed by atoms with E-state index in [1.54, 1.807) is 11.3 Å². The van der Waals surface area contributed by atoms with Gasteiger partial charge < -0.3 is 11.1 Å². The topological polar surface area (TPSA) is 55.1 Å². The number of hydrogen-bond acceptors (Lipinski definition) is 3. The van der Waals surface area contributed by atoms with Crippen LogP contribution in [0, 0.1) is 5.92 Å². The number of hydrogen-bond donors (Lipinski definition) is 2. The van der Waals surface area contributed by atoms with Crippen molar-refractivity contribution in [2.75, 3.05) is 6.54 Å². The van der Waals surface area contributed by atoms with E-state index in [9.17, 15) is 4.79 Å². The molecular formula is C14H23BrN2OS. The Bertz CT molecular complexity index is 419. The first-order valence-electron chi connectivity index (χ1n) is 6.62. The average molecular weight is 347 g/mol. The average Bonchev–Trinajstić information content (AvgIpc) is 2.74. The number of thiophene rings is 1. The minimum absolute atomic E-state index is 0.0947. The van der Waals surface area contributed by atoms with E-state index in [0.717, 1.165) is 16.6 Å². The van der Waals surface area contributed by atoms with Crippen LogP contribution in [0.3, 0.4) is 0 Å². The van der Waals surface area contributed by atoms with Gasteiger partial charge in [0.25, 0.3) is 0 Å². The lowest BCUT2D eigenvalue weighted by Gasteiger charge is -2.33. The third-order valence-electron chi connectivity index (χ3n) is 3.58. The van der Waals surface area contributed by atoms with Gasteiger partial charge in [0, 0.05) is 17.8 Å². The Morgan fingerprint density at radius 3 is 2.68 bits per heavy atom. The summed E-state index contributed by atoms with van der Waals surface area (Å²) in [5, 5.41) is 3.06. The van der Waals surface area contributed by atoms with Crippen LogP contribution in [0.2, 0.25) is 0 Å². The molecule has 0 saturated carbocycles. The molecule has 1 aromatic rings. The van der Waals surface area contributed by atoms with Crippen molar-refractivity contribution >= 4 is 33.2 Å². The van der Waals surface area contributed by atoms with Gasteiger partial charge >= 0.3 is 0 Å². The molecule has 0 aliphatic heterocycles. The van der Waals surface area contributed by atoms with Crippen molar-refractivity contribution in [2.24, 2.45) is 11.7 Å². The lowest BCUT2D eigenvalue weighted by molar-refractivity contribution is -0.123. The molecule has 0 spiro atoms. The fourth-order valence-corrected chi connectivity index (χ4v) is 3.25. The molecule has 0 aliphatic carbocycles. The molecule has 5 heteroatoms. The Labute approximate surface area is 128 Å². The molecule has 1 aromatic heterocycles. The molecule has 0 bridgehead atoms. The fourth-order valence-electron chi connectivity index (χ4n) is 1.72. The summed E-state index contributed by atoms with van der Waals surface area (Å²) in [6.45, 7) is 6.63. The quantitative estimate of drug-likeness (QED) is 0.795. The molecule has 1 rings (SSSR count). The molecule has 0 aliphatic rings. The number of amides is 1. The molecule has 0 fully saturated rings. The monoisotopic (exact) mass is 346 g/mol. The molecule has 0 radical (unpaired) electrons. The molecule has 0 saturated heterocycles. The van der Waals surface area contributed by atoms with Gasteiger partial charge in [-0.25, -0.2) is 0 Å². The summed E-state index contributed by atoms with van der Waals surface area (Å²) < 4.78 is 1.14. The number of nitrogens with two attached hydrogens (primary N) is 1. The van der Waals surface area contributed by atoms with Crippen LogP contribution in [-0.4, -0.2) is 18.0 Å². The van der Waals surface area contributed by atoms with Gasteiger partial charge in [-0.05, 0) is 53.7 Å². The molecule has 3 nitrogen and oxygen atoms in total. The van der Waals surface area contributed by atoms with Gasteiger partial charge in [-0.1, -0.05) is 13.8 Å². The van der Waals surface area contributed by atoms with Crippen molar-refractivity contribution in [3.05, 3.63) is 20.8 Å². The Morgan fingerprint density at radius 1 is 1.53 bits per heavy atom. The minimum Gasteiger partial charge on any atom is -0.349 e.